The highest BCUT2D eigenvalue weighted by molar-refractivity contribution is 6.02. The number of nitrogens with one attached hydrogen (secondary N) is 2. The molecule has 0 aliphatic heterocycles. The molecule has 0 saturated carbocycles. The Morgan fingerprint density at radius 3 is 2.80 bits per heavy atom. The van der Waals surface area contributed by atoms with Crippen LogP contribution < -0.4 is 5.32 Å². The third kappa shape index (κ3) is 2.76. The average Bonchev–Trinajstić information content (AvgIpc) is 3.20. The zero-order chi connectivity index (χ0) is 17.4. The van der Waals surface area contributed by atoms with Crippen molar-refractivity contribution in [3.8, 4) is 11.3 Å². The van der Waals surface area contributed by atoms with Crippen molar-refractivity contribution in [1.29, 1.82) is 0 Å². The van der Waals surface area contributed by atoms with E-state index in [4.69, 9.17) is 0 Å². The molecule has 7 nitrogen and oxygen atoms in total. The van der Waals surface area contributed by atoms with Gasteiger partial charge in [0, 0.05) is 18.3 Å². The zero-order valence-corrected chi connectivity index (χ0v) is 13.8. The summed E-state index contributed by atoms with van der Waals surface area (Å²) in [7, 11) is 1.67. The monoisotopic (exact) mass is 332 g/mol. The van der Waals surface area contributed by atoms with Crippen molar-refractivity contribution in [3.63, 3.8) is 0 Å². The zero-order valence-electron chi connectivity index (χ0n) is 13.8. The van der Waals surface area contributed by atoms with E-state index in [2.05, 4.69) is 44.4 Å². The number of amides is 1. The Balaban J connectivity index is 1.66. The minimum Gasteiger partial charge on any atom is -0.353 e. The van der Waals surface area contributed by atoms with Crippen LogP contribution in [-0.2, 0) is 7.05 Å². The van der Waals surface area contributed by atoms with E-state index >= 15 is 0 Å². The standard InChI is InChI=1S/C18H16N6O/c1-11-5-3-4-6-13(11)14-8-15-16(23-14)7-12(9-19-15)22-18(25)17-20-10-21-24(17)2/h3-10,23H,1-2H3,(H,22,25). The summed E-state index contributed by atoms with van der Waals surface area (Å²) in [5, 5.41) is 6.69. The van der Waals surface area contributed by atoms with Gasteiger partial charge in [-0.25, -0.2) is 9.67 Å². The first-order valence-electron chi connectivity index (χ1n) is 7.82. The van der Waals surface area contributed by atoms with Gasteiger partial charge in [0.05, 0.1) is 22.9 Å². The number of carbonyl (C=O) groups is 1. The summed E-state index contributed by atoms with van der Waals surface area (Å²) in [6, 6.07) is 12.0. The van der Waals surface area contributed by atoms with Crippen LogP contribution in [-0.4, -0.2) is 30.6 Å². The van der Waals surface area contributed by atoms with E-state index < -0.39 is 0 Å². The molecule has 2 N–H and O–H groups in total. The molecule has 0 bridgehead atoms. The summed E-state index contributed by atoms with van der Waals surface area (Å²) in [5.41, 5.74) is 5.61. The van der Waals surface area contributed by atoms with Crippen LogP contribution in [0.4, 0.5) is 5.69 Å². The number of aromatic nitrogens is 5. The van der Waals surface area contributed by atoms with Gasteiger partial charge in [0.15, 0.2) is 0 Å². The molecule has 4 aromatic rings. The van der Waals surface area contributed by atoms with E-state index in [0.29, 0.717) is 5.69 Å². The van der Waals surface area contributed by atoms with Crippen molar-refractivity contribution >= 4 is 22.6 Å². The molecule has 0 radical (unpaired) electrons. The van der Waals surface area contributed by atoms with Crippen molar-refractivity contribution in [2.24, 2.45) is 7.05 Å². The van der Waals surface area contributed by atoms with Gasteiger partial charge in [0.1, 0.15) is 6.33 Å². The molecule has 124 valence electrons. The van der Waals surface area contributed by atoms with Crippen molar-refractivity contribution in [2.45, 2.75) is 6.92 Å². The third-order valence-electron chi connectivity index (χ3n) is 4.08. The third-order valence-corrected chi connectivity index (χ3v) is 4.08. The summed E-state index contributed by atoms with van der Waals surface area (Å²) in [6.45, 7) is 2.07. The number of nitrogens with zero attached hydrogens (tertiary/aromatic N) is 4. The van der Waals surface area contributed by atoms with Crippen LogP contribution in [0, 0.1) is 6.92 Å². The molecule has 0 fully saturated rings. The summed E-state index contributed by atoms with van der Waals surface area (Å²) in [4.78, 5) is 24.0. The number of H-pyrrole nitrogens is 1. The topological polar surface area (TPSA) is 88.5 Å². The summed E-state index contributed by atoms with van der Waals surface area (Å²) >= 11 is 0. The minimum atomic E-state index is -0.327. The molecule has 3 heterocycles. The molecular formula is C18H16N6O. The normalized spacial score (nSPS) is 11.0. The maximum Gasteiger partial charge on any atom is 0.293 e. The quantitative estimate of drug-likeness (QED) is 0.604. The first kappa shape index (κ1) is 15.1. The van der Waals surface area contributed by atoms with Crippen molar-refractivity contribution < 1.29 is 4.79 Å². The van der Waals surface area contributed by atoms with E-state index in [9.17, 15) is 4.79 Å². The molecule has 0 unspecified atom stereocenters. The van der Waals surface area contributed by atoms with E-state index in [-0.39, 0.29) is 11.7 Å². The van der Waals surface area contributed by atoms with Gasteiger partial charge < -0.3 is 10.3 Å². The lowest BCUT2D eigenvalue weighted by molar-refractivity contribution is 0.101. The highest BCUT2D eigenvalue weighted by Gasteiger charge is 2.13. The van der Waals surface area contributed by atoms with E-state index in [0.717, 1.165) is 22.3 Å². The van der Waals surface area contributed by atoms with Gasteiger partial charge in [0.25, 0.3) is 5.91 Å². The lowest BCUT2D eigenvalue weighted by Crippen LogP contribution is -2.17. The fraction of sp³-hybridized carbons (Fsp3) is 0.111. The Labute approximate surface area is 143 Å². The number of fused-ring (bicyclic) bond motifs is 1. The van der Waals surface area contributed by atoms with Gasteiger partial charge in [-0.2, -0.15) is 5.10 Å². The SMILES string of the molecule is Cc1ccccc1-c1cc2ncc(NC(=O)c3ncnn3C)cc2[nH]1. The van der Waals surface area contributed by atoms with Gasteiger partial charge >= 0.3 is 0 Å². The number of rotatable bonds is 3. The molecule has 0 saturated heterocycles. The van der Waals surface area contributed by atoms with Gasteiger partial charge in [0.2, 0.25) is 5.82 Å². The van der Waals surface area contributed by atoms with Crippen molar-refractivity contribution in [2.75, 3.05) is 5.32 Å². The highest BCUT2D eigenvalue weighted by Crippen LogP contribution is 2.26. The molecule has 0 aliphatic carbocycles. The summed E-state index contributed by atoms with van der Waals surface area (Å²) < 4.78 is 1.42. The first-order chi connectivity index (χ1) is 12.1. The average molecular weight is 332 g/mol. The Bertz CT molecular complexity index is 1080. The number of aryl methyl sites for hydroxylation is 2. The smallest absolute Gasteiger partial charge is 0.293 e. The predicted octanol–water partition coefficient (Wildman–Crippen LogP) is 2.92. The fourth-order valence-electron chi connectivity index (χ4n) is 2.79. The number of carbonyl (C=O) groups excluding carboxylic acids is 1. The Morgan fingerprint density at radius 2 is 2.04 bits per heavy atom. The van der Waals surface area contributed by atoms with E-state index in [1.165, 1.54) is 16.6 Å². The fourth-order valence-corrected chi connectivity index (χ4v) is 2.79. The van der Waals surface area contributed by atoms with Crippen molar-refractivity contribution in [1.82, 2.24) is 24.7 Å². The lowest BCUT2D eigenvalue weighted by Gasteiger charge is -2.04. The van der Waals surface area contributed by atoms with Gasteiger partial charge in [-0.05, 0) is 24.6 Å². The molecule has 25 heavy (non-hydrogen) atoms. The molecule has 0 atom stereocenters. The summed E-state index contributed by atoms with van der Waals surface area (Å²) in [6.07, 6.45) is 2.97. The predicted molar refractivity (Wildman–Crippen MR) is 95.2 cm³/mol. The molecular weight excluding hydrogens is 316 g/mol. The molecule has 4 rings (SSSR count). The first-order valence-corrected chi connectivity index (χ1v) is 7.82. The van der Waals surface area contributed by atoms with Crippen LogP contribution in [0.15, 0.2) is 48.9 Å². The largest absolute Gasteiger partial charge is 0.353 e. The van der Waals surface area contributed by atoms with Crippen LogP contribution in [0.2, 0.25) is 0 Å². The van der Waals surface area contributed by atoms with Crippen LogP contribution in [0.25, 0.3) is 22.3 Å². The van der Waals surface area contributed by atoms with Crippen LogP contribution in [0.1, 0.15) is 16.2 Å². The van der Waals surface area contributed by atoms with Gasteiger partial charge in [-0.15, -0.1) is 0 Å². The molecule has 0 aliphatic rings. The van der Waals surface area contributed by atoms with E-state index in [1.54, 1.807) is 13.2 Å². The van der Waals surface area contributed by atoms with Crippen LogP contribution in [0.5, 0.6) is 0 Å². The number of anilines is 1. The minimum absolute atomic E-state index is 0.243. The van der Waals surface area contributed by atoms with Gasteiger partial charge in [-0.1, -0.05) is 24.3 Å². The number of hydrogen-bond donors (Lipinski definition) is 2. The number of aromatic amines is 1. The highest BCUT2D eigenvalue weighted by atomic mass is 16.2. The summed E-state index contributed by atoms with van der Waals surface area (Å²) in [5.74, 6) is -0.0842. The molecule has 7 heteroatoms. The Hall–Kier alpha value is -3.48. The van der Waals surface area contributed by atoms with E-state index in [1.807, 2.05) is 24.3 Å². The maximum absolute atomic E-state index is 12.2. The van der Waals surface area contributed by atoms with Crippen LogP contribution in [0.3, 0.4) is 0 Å². The Morgan fingerprint density at radius 1 is 1.20 bits per heavy atom. The second-order valence-electron chi connectivity index (χ2n) is 5.82. The van der Waals surface area contributed by atoms with Crippen molar-refractivity contribution in [3.05, 3.63) is 60.3 Å². The Kier molecular flexibility index (Phi) is 3.53. The number of pyridine rings is 1. The molecule has 1 aromatic carbocycles. The second-order valence-corrected chi connectivity index (χ2v) is 5.82. The van der Waals surface area contributed by atoms with Crippen LogP contribution >= 0.6 is 0 Å². The molecule has 1 amide bonds. The maximum atomic E-state index is 12.2. The molecule has 0 spiro atoms. The number of hydrogen-bond acceptors (Lipinski definition) is 4. The van der Waals surface area contributed by atoms with Gasteiger partial charge in [-0.3, -0.25) is 9.78 Å². The number of benzene rings is 1. The lowest BCUT2D eigenvalue weighted by atomic mass is 10.1. The second kappa shape index (κ2) is 5.86. The molecule has 3 aromatic heterocycles.